The highest BCUT2D eigenvalue weighted by molar-refractivity contribution is 7.21. The van der Waals surface area contributed by atoms with Crippen LogP contribution in [0.25, 0.3) is 21.5 Å². The zero-order valence-electron chi connectivity index (χ0n) is 14.8. The highest BCUT2D eigenvalue weighted by Crippen LogP contribution is 2.41. The first-order chi connectivity index (χ1) is 13.8. The second-order valence-electron chi connectivity index (χ2n) is 6.28. The Labute approximate surface area is 184 Å². The first-order valence-electron chi connectivity index (χ1n) is 8.38. The van der Waals surface area contributed by atoms with E-state index >= 15 is 0 Å². The molecule has 4 rings (SSSR count). The Hall–Kier alpha value is -2.38. The van der Waals surface area contributed by atoms with Gasteiger partial charge in [-0.05, 0) is 31.2 Å². The summed E-state index contributed by atoms with van der Waals surface area (Å²) in [5.41, 5.74) is 1.57. The molecule has 29 heavy (non-hydrogen) atoms. The number of nitrogens with one attached hydrogen (secondary N) is 2. The highest BCUT2D eigenvalue weighted by atomic mass is 35.5. The van der Waals surface area contributed by atoms with Crippen molar-refractivity contribution in [1.82, 2.24) is 9.97 Å². The average Bonchev–Trinajstić information content (AvgIpc) is 2.98. The molecule has 2 aromatic heterocycles. The first-order valence-corrected chi connectivity index (χ1v) is 10.3. The third-order valence-electron chi connectivity index (χ3n) is 4.12. The van der Waals surface area contributed by atoms with Crippen molar-refractivity contribution in [2.24, 2.45) is 0 Å². The molecule has 0 fully saturated rings. The third-order valence-corrected chi connectivity index (χ3v) is 6.26. The number of anilines is 1. The fourth-order valence-electron chi connectivity index (χ4n) is 2.91. The molecule has 9 heteroatoms. The Morgan fingerprint density at radius 2 is 1.93 bits per heavy atom. The standard InChI is InChI=1S/C20H12Cl3N3O2S/c1-9-5-15(27)26-19(24-9)10-3-2-4-12(6-10)25-20(28)18-17(23)16-13(22)7-11(21)8-14(16)29-18/h2-8H,1H3,(H,25,28)(H,24,26,27). The number of hydrogen-bond acceptors (Lipinski definition) is 4. The van der Waals surface area contributed by atoms with Gasteiger partial charge in [-0.2, -0.15) is 0 Å². The average molecular weight is 465 g/mol. The predicted molar refractivity (Wildman–Crippen MR) is 120 cm³/mol. The molecule has 0 aliphatic heterocycles. The van der Waals surface area contributed by atoms with E-state index in [2.05, 4.69) is 15.3 Å². The van der Waals surface area contributed by atoms with Crippen molar-refractivity contribution >= 4 is 67.8 Å². The molecule has 146 valence electrons. The van der Waals surface area contributed by atoms with Crippen molar-refractivity contribution in [1.29, 1.82) is 0 Å². The number of aromatic nitrogens is 2. The molecular weight excluding hydrogens is 453 g/mol. The van der Waals surface area contributed by atoms with Crippen molar-refractivity contribution in [2.75, 3.05) is 5.32 Å². The fraction of sp³-hybridized carbons (Fsp3) is 0.0500. The van der Waals surface area contributed by atoms with Crippen LogP contribution in [0.15, 0.2) is 47.3 Å². The normalized spacial score (nSPS) is 11.0. The molecular formula is C20H12Cl3N3O2S. The van der Waals surface area contributed by atoms with Crippen molar-refractivity contribution < 1.29 is 4.79 Å². The summed E-state index contributed by atoms with van der Waals surface area (Å²) in [7, 11) is 0. The van der Waals surface area contributed by atoms with Crippen LogP contribution in [0.2, 0.25) is 15.1 Å². The maximum Gasteiger partial charge on any atom is 0.267 e. The van der Waals surface area contributed by atoms with Gasteiger partial charge < -0.3 is 10.3 Å². The minimum Gasteiger partial charge on any atom is -0.321 e. The summed E-state index contributed by atoms with van der Waals surface area (Å²) >= 11 is 19.9. The zero-order valence-corrected chi connectivity index (χ0v) is 17.9. The van der Waals surface area contributed by atoms with Crippen molar-refractivity contribution in [2.45, 2.75) is 6.92 Å². The van der Waals surface area contributed by atoms with E-state index in [0.717, 1.165) is 4.70 Å². The molecule has 5 nitrogen and oxygen atoms in total. The third kappa shape index (κ3) is 4.02. The van der Waals surface area contributed by atoms with Crippen LogP contribution in [-0.4, -0.2) is 15.9 Å². The molecule has 0 atom stereocenters. The van der Waals surface area contributed by atoms with Crippen molar-refractivity contribution in [3.63, 3.8) is 0 Å². The number of amides is 1. The topological polar surface area (TPSA) is 74.8 Å². The van der Waals surface area contributed by atoms with Gasteiger partial charge in [0.05, 0.1) is 10.0 Å². The number of fused-ring (bicyclic) bond motifs is 1. The number of H-pyrrole nitrogens is 1. The summed E-state index contributed by atoms with van der Waals surface area (Å²) < 4.78 is 0.730. The Bertz CT molecular complexity index is 1330. The van der Waals surface area contributed by atoms with E-state index < -0.39 is 0 Å². The minimum absolute atomic E-state index is 0.241. The lowest BCUT2D eigenvalue weighted by atomic mass is 10.2. The van der Waals surface area contributed by atoms with Crippen molar-refractivity contribution in [3.8, 4) is 11.4 Å². The molecule has 1 amide bonds. The van der Waals surface area contributed by atoms with E-state index in [1.807, 2.05) is 0 Å². The van der Waals surface area contributed by atoms with E-state index in [4.69, 9.17) is 34.8 Å². The number of aromatic amines is 1. The van der Waals surface area contributed by atoms with Crippen molar-refractivity contribution in [3.05, 3.63) is 78.5 Å². The predicted octanol–water partition coefficient (Wildman–Crippen LogP) is 6.17. The van der Waals surface area contributed by atoms with E-state index in [0.29, 0.717) is 43.1 Å². The summed E-state index contributed by atoms with van der Waals surface area (Å²) in [6, 6.07) is 11.7. The van der Waals surface area contributed by atoms with Crippen LogP contribution >= 0.6 is 46.1 Å². The van der Waals surface area contributed by atoms with Gasteiger partial charge in [-0.1, -0.05) is 46.9 Å². The molecule has 0 aliphatic rings. The molecule has 0 unspecified atom stereocenters. The number of benzene rings is 2. The van der Waals surface area contributed by atoms with Gasteiger partial charge in [-0.15, -0.1) is 11.3 Å². The summed E-state index contributed by atoms with van der Waals surface area (Å²) in [5.74, 6) is 0.0543. The molecule has 0 spiro atoms. The number of carbonyl (C=O) groups is 1. The Kier molecular flexibility index (Phi) is 5.36. The molecule has 0 radical (unpaired) electrons. The molecule has 0 saturated carbocycles. The van der Waals surface area contributed by atoms with Gasteiger partial charge in [0.25, 0.3) is 11.5 Å². The van der Waals surface area contributed by atoms with Gasteiger partial charge >= 0.3 is 0 Å². The fourth-order valence-corrected chi connectivity index (χ4v) is 5.18. The number of rotatable bonds is 3. The second kappa shape index (κ2) is 7.80. The van der Waals surface area contributed by atoms with Crippen LogP contribution in [0.5, 0.6) is 0 Å². The number of carbonyl (C=O) groups excluding carboxylic acids is 1. The molecule has 2 heterocycles. The Balaban J connectivity index is 1.67. The Morgan fingerprint density at radius 1 is 1.14 bits per heavy atom. The monoisotopic (exact) mass is 463 g/mol. The number of aryl methyl sites for hydroxylation is 1. The highest BCUT2D eigenvalue weighted by Gasteiger charge is 2.20. The molecule has 0 aliphatic carbocycles. The number of thiophene rings is 1. The van der Waals surface area contributed by atoms with Gasteiger partial charge in [-0.3, -0.25) is 9.59 Å². The van der Waals surface area contributed by atoms with Crippen LogP contribution < -0.4 is 10.9 Å². The van der Waals surface area contributed by atoms with Gasteiger partial charge in [0.1, 0.15) is 10.7 Å². The maximum absolute atomic E-state index is 12.8. The SMILES string of the molecule is Cc1cc(=O)[nH]c(-c2cccc(NC(=O)c3sc4cc(Cl)cc(Cl)c4c3Cl)c2)n1. The van der Waals surface area contributed by atoms with E-state index in [-0.39, 0.29) is 16.5 Å². The molecule has 4 aromatic rings. The van der Waals surface area contributed by atoms with Crippen LogP contribution in [0.4, 0.5) is 5.69 Å². The van der Waals surface area contributed by atoms with Crippen LogP contribution in [-0.2, 0) is 0 Å². The van der Waals surface area contributed by atoms with Crippen LogP contribution in [0.1, 0.15) is 15.4 Å². The first kappa shape index (κ1) is 19.9. The quantitative estimate of drug-likeness (QED) is 0.380. The van der Waals surface area contributed by atoms with E-state index in [9.17, 15) is 9.59 Å². The van der Waals surface area contributed by atoms with Gasteiger partial charge in [0, 0.05) is 38.1 Å². The lowest BCUT2D eigenvalue weighted by Gasteiger charge is -2.07. The van der Waals surface area contributed by atoms with Gasteiger partial charge in [0.2, 0.25) is 0 Å². The molecule has 0 saturated heterocycles. The smallest absolute Gasteiger partial charge is 0.267 e. The molecule has 2 N–H and O–H groups in total. The number of hydrogen-bond donors (Lipinski definition) is 2. The molecule has 2 aromatic carbocycles. The molecule has 0 bridgehead atoms. The summed E-state index contributed by atoms with van der Waals surface area (Å²) in [5, 5.41) is 4.57. The van der Waals surface area contributed by atoms with Crippen LogP contribution in [0, 0.1) is 6.92 Å². The van der Waals surface area contributed by atoms with E-state index in [1.54, 1.807) is 43.3 Å². The zero-order chi connectivity index (χ0) is 20.7. The summed E-state index contributed by atoms with van der Waals surface area (Å²) in [6.07, 6.45) is 0. The van der Waals surface area contributed by atoms with Gasteiger partial charge in [-0.25, -0.2) is 4.98 Å². The maximum atomic E-state index is 12.8. The van der Waals surface area contributed by atoms with E-state index in [1.165, 1.54) is 17.4 Å². The Morgan fingerprint density at radius 3 is 2.69 bits per heavy atom. The summed E-state index contributed by atoms with van der Waals surface area (Å²) in [4.78, 5) is 31.9. The summed E-state index contributed by atoms with van der Waals surface area (Å²) in [6.45, 7) is 1.74. The van der Waals surface area contributed by atoms with Gasteiger partial charge in [0.15, 0.2) is 0 Å². The number of halogens is 3. The minimum atomic E-state index is -0.369. The number of nitrogens with zero attached hydrogens (tertiary/aromatic N) is 1. The lowest BCUT2D eigenvalue weighted by molar-refractivity contribution is 0.103. The van der Waals surface area contributed by atoms with Crippen LogP contribution in [0.3, 0.4) is 0 Å². The second-order valence-corrected chi connectivity index (χ2v) is 8.55. The largest absolute Gasteiger partial charge is 0.321 e. The lowest BCUT2D eigenvalue weighted by Crippen LogP contribution is -2.11.